The number of thioether (sulfide) groups is 1. The first-order valence-electron chi connectivity index (χ1n) is 10.5. The number of urea groups is 1. The van der Waals surface area contributed by atoms with Crippen LogP contribution in [0, 0.1) is 11.3 Å². The summed E-state index contributed by atoms with van der Waals surface area (Å²) < 4.78 is 0. The van der Waals surface area contributed by atoms with Crippen LogP contribution in [0.15, 0.2) is 0 Å². The van der Waals surface area contributed by atoms with Gasteiger partial charge in [-0.2, -0.15) is 17.0 Å². The fourth-order valence-electron chi connectivity index (χ4n) is 4.64. The third kappa shape index (κ3) is 5.54. The molecule has 2 N–H and O–H groups in total. The number of fused-ring (bicyclic) bond motifs is 1. The average molecular weight is 393 g/mol. The van der Waals surface area contributed by atoms with Gasteiger partial charge in [-0.05, 0) is 32.1 Å². The van der Waals surface area contributed by atoms with Crippen LogP contribution in [-0.2, 0) is 4.79 Å². The zero-order valence-electron chi connectivity index (χ0n) is 16.1. The fourth-order valence-corrected chi connectivity index (χ4v) is 6.18. The lowest BCUT2D eigenvalue weighted by molar-refractivity contribution is -0.134. The van der Waals surface area contributed by atoms with Crippen LogP contribution in [0.3, 0.4) is 0 Å². The molecule has 0 aromatic carbocycles. The minimum absolute atomic E-state index is 0.0361. The minimum Gasteiger partial charge on any atom is -0.340 e. The Hall–Kier alpha value is -1.42. The zero-order valence-corrected chi connectivity index (χ0v) is 16.9. The van der Waals surface area contributed by atoms with Crippen LogP contribution in [0.25, 0.3) is 0 Å². The van der Waals surface area contributed by atoms with Crippen LogP contribution in [0.2, 0.25) is 0 Å². The predicted octanol–water partition coefficient (Wildman–Crippen LogP) is 3.18. The summed E-state index contributed by atoms with van der Waals surface area (Å²) in [5.74, 6) is 1.26. The lowest BCUT2D eigenvalue weighted by Gasteiger charge is -2.34. The summed E-state index contributed by atoms with van der Waals surface area (Å²) >= 11 is 1.93. The van der Waals surface area contributed by atoms with E-state index in [4.69, 9.17) is 5.26 Å². The molecule has 0 aromatic heterocycles. The number of hydrogen-bond donors (Lipinski definition) is 2. The summed E-state index contributed by atoms with van der Waals surface area (Å²) in [4.78, 5) is 26.4. The first-order valence-corrected chi connectivity index (χ1v) is 11.6. The summed E-state index contributed by atoms with van der Waals surface area (Å²) in [6.45, 7) is 0.733. The van der Waals surface area contributed by atoms with Crippen molar-refractivity contribution in [2.75, 3.05) is 12.3 Å². The second-order valence-electron chi connectivity index (χ2n) is 8.01. The highest BCUT2D eigenvalue weighted by molar-refractivity contribution is 8.00. The summed E-state index contributed by atoms with van der Waals surface area (Å²) in [5, 5.41) is 15.3. The second-order valence-corrected chi connectivity index (χ2v) is 9.28. The molecule has 27 heavy (non-hydrogen) atoms. The number of rotatable bonds is 9. The molecule has 2 saturated heterocycles. The molecule has 6 nitrogen and oxygen atoms in total. The van der Waals surface area contributed by atoms with Gasteiger partial charge in [0.1, 0.15) is 0 Å². The van der Waals surface area contributed by atoms with Crippen LogP contribution < -0.4 is 10.6 Å². The van der Waals surface area contributed by atoms with Crippen LogP contribution >= 0.6 is 11.8 Å². The summed E-state index contributed by atoms with van der Waals surface area (Å²) in [6, 6.07) is 3.07. The number of unbranched alkanes of at least 4 members (excludes halogenated alkanes) is 2. The van der Waals surface area contributed by atoms with E-state index in [0.29, 0.717) is 24.1 Å². The fraction of sp³-hybridized carbons (Fsp3) is 0.850. The van der Waals surface area contributed by atoms with Crippen LogP contribution in [0.1, 0.15) is 70.6 Å². The van der Waals surface area contributed by atoms with Crippen LogP contribution in [0.5, 0.6) is 0 Å². The quantitative estimate of drug-likeness (QED) is 0.466. The van der Waals surface area contributed by atoms with Crippen molar-refractivity contribution < 1.29 is 9.59 Å². The number of amides is 3. The molecule has 3 atom stereocenters. The van der Waals surface area contributed by atoms with E-state index in [1.54, 1.807) is 0 Å². The Morgan fingerprint density at radius 1 is 1.19 bits per heavy atom. The smallest absolute Gasteiger partial charge is 0.315 e. The molecule has 1 aliphatic carbocycles. The Morgan fingerprint density at radius 2 is 2.00 bits per heavy atom. The largest absolute Gasteiger partial charge is 0.340 e. The van der Waals surface area contributed by atoms with E-state index in [1.807, 2.05) is 11.8 Å². The third-order valence-corrected chi connectivity index (χ3v) is 7.60. The van der Waals surface area contributed by atoms with Gasteiger partial charge in [0.2, 0.25) is 5.91 Å². The molecule has 3 amide bonds. The lowest BCUT2D eigenvalue weighted by Crippen LogP contribution is -2.42. The highest BCUT2D eigenvalue weighted by Gasteiger charge is 2.42. The van der Waals surface area contributed by atoms with Crippen molar-refractivity contribution >= 4 is 23.7 Å². The van der Waals surface area contributed by atoms with E-state index in [9.17, 15) is 9.59 Å². The third-order valence-electron chi connectivity index (χ3n) is 6.09. The Bertz CT molecular complexity index is 559. The summed E-state index contributed by atoms with van der Waals surface area (Å²) in [7, 11) is 0. The van der Waals surface area contributed by atoms with Gasteiger partial charge in [-0.25, -0.2) is 4.79 Å². The molecule has 0 bridgehead atoms. The molecular formula is C20H32N4O2S. The molecule has 2 heterocycles. The van der Waals surface area contributed by atoms with Gasteiger partial charge in [0.15, 0.2) is 0 Å². The molecule has 7 heteroatoms. The summed E-state index contributed by atoms with van der Waals surface area (Å²) in [6.07, 6.45) is 10.9. The molecule has 0 spiro atoms. The monoisotopic (exact) mass is 392 g/mol. The van der Waals surface area contributed by atoms with Crippen molar-refractivity contribution in [3.63, 3.8) is 0 Å². The first-order chi connectivity index (χ1) is 13.2. The number of carbonyl (C=O) groups excluding carboxylic acids is 2. The Kier molecular flexibility index (Phi) is 7.69. The minimum atomic E-state index is -0.0361. The standard InChI is InChI=1S/C20H32N4O2S/c21-12-6-7-13-24(15-8-2-1-3-9-15)18(25)11-5-4-10-17-19-16(14-27-17)22-20(26)23-19/h15-17,19H,1-11,13-14H2,(H2,22,23,26)/t16-,17-,19-/m0/s1. The van der Waals surface area contributed by atoms with Gasteiger partial charge in [-0.3, -0.25) is 4.79 Å². The van der Waals surface area contributed by atoms with E-state index in [1.165, 1.54) is 19.3 Å². The molecule has 3 rings (SSSR count). The lowest BCUT2D eigenvalue weighted by atomic mass is 9.93. The van der Waals surface area contributed by atoms with Gasteiger partial charge in [0.05, 0.1) is 18.2 Å². The number of nitrogens with one attached hydrogen (secondary N) is 2. The van der Waals surface area contributed by atoms with Crippen LogP contribution in [-0.4, -0.2) is 52.5 Å². The molecule has 3 fully saturated rings. The zero-order chi connectivity index (χ0) is 19.1. The molecule has 0 unspecified atom stereocenters. The van der Waals surface area contributed by atoms with E-state index < -0.39 is 0 Å². The highest BCUT2D eigenvalue weighted by atomic mass is 32.2. The SMILES string of the molecule is N#CCCCN(C(=O)CCCC[C@@H]1SC[C@@H]2NC(=O)N[C@@H]21)C1CCCCC1. The number of carbonyl (C=O) groups is 2. The normalized spacial score (nSPS) is 27.5. The van der Waals surface area contributed by atoms with Gasteiger partial charge in [-0.15, -0.1) is 0 Å². The van der Waals surface area contributed by atoms with Gasteiger partial charge in [-0.1, -0.05) is 25.7 Å². The van der Waals surface area contributed by atoms with Gasteiger partial charge < -0.3 is 15.5 Å². The average Bonchev–Trinajstić information content (AvgIpc) is 3.22. The molecule has 0 aromatic rings. The molecule has 1 saturated carbocycles. The molecule has 150 valence electrons. The Morgan fingerprint density at radius 3 is 2.78 bits per heavy atom. The summed E-state index contributed by atoms with van der Waals surface area (Å²) in [5.41, 5.74) is 0. The maximum Gasteiger partial charge on any atom is 0.315 e. The topological polar surface area (TPSA) is 85.2 Å². The maximum absolute atomic E-state index is 12.8. The van der Waals surface area contributed by atoms with Crippen molar-refractivity contribution in [2.24, 2.45) is 0 Å². The predicted molar refractivity (Wildman–Crippen MR) is 107 cm³/mol. The molecule has 3 aliphatic rings. The molecule has 0 radical (unpaired) electrons. The Labute approximate surface area is 166 Å². The highest BCUT2D eigenvalue weighted by Crippen LogP contribution is 2.33. The van der Waals surface area contributed by atoms with E-state index in [0.717, 1.165) is 50.8 Å². The number of hydrogen-bond acceptors (Lipinski definition) is 4. The van der Waals surface area contributed by atoms with Crippen molar-refractivity contribution in [2.45, 2.75) is 94.0 Å². The van der Waals surface area contributed by atoms with Crippen molar-refractivity contribution in [3.05, 3.63) is 0 Å². The van der Waals surface area contributed by atoms with Crippen molar-refractivity contribution in [1.29, 1.82) is 5.26 Å². The molecular weight excluding hydrogens is 360 g/mol. The van der Waals surface area contributed by atoms with E-state index >= 15 is 0 Å². The van der Waals surface area contributed by atoms with Gasteiger partial charge in [0, 0.05) is 36.4 Å². The number of nitrogens with zero attached hydrogens (tertiary/aromatic N) is 2. The van der Waals surface area contributed by atoms with Crippen molar-refractivity contribution in [1.82, 2.24) is 15.5 Å². The van der Waals surface area contributed by atoms with Crippen molar-refractivity contribution in [3.8, 4) is 6.07 Å². The van der Waals surface area contributed by atoms with Gasteiger partial charge in [0.25, 0.3) is 0 Å². The Balaban J connectivity index is 1.40. The van der Waals surface area contributed by atoms with Crippen LogP contribution in [0.4, 0.5) is 4.79 Å². The first kappa shape index (κ1) is 20.3. The maximum atomic E-state index is 12.8. The number of nitriles is 1. The van der Waals surface area contributed by atoms with E-state index in [2.05, 4.69) is 21.6 Å². The van der Waals surface area contributed by atoms with Gasteiger partial charge >= 0.3 is 6.03 Å². The second kappa shape index (κ2) is 10.2. The van der Waals surface area contributed by atoms with E-state index in [-0.39, 0.29) is 24.0 Å². The molecule has 2 aliphatic heterocycles.